The highest BCUT2D eigenvalue weighted by atomic mass is 32.2. The van der Waals surface area contributed by atoms with Crippen LogP contribution in [-0.4, -0.2) is 56.5 Å². The van der Waals surface area contributed by atoms with Gasteiger partial charge in [-0.15, -0.1) is 0 Å². The van der Waals surface area contributed by atoms with Crippen LogP contribution in [0.4, 0.5) is 5.95 Å². The third-order valence-corrected chi connectivity index (χ3v) is 6.47. The SMILES string of the molecule is CCS(=O)(=O)N[C@H]1COCCC12CCN(c1ncccn1)CC2. The molecule has 8 heteroatoms. The normalized spacial score (nSPS) is 24.7. The lowest BCUT2D eigenvalue weighted by atomic mass is 9.69. The monoisotopic (exact) mass is 340 g/mol. The molecule has 0 bridgehead atoms. The molecule has 23 heavy (non-hydrogen) atoms. The largest absolute Gasteiger partial charge is 0.380 e. The van der Waals surface area contributed by atoms with Crippen molar-refractivity contribution in [3.8, 4) is 0 Å². The summed E-state index contributed by atoms with van der Waals surface area (Å²) in [5.74, 6) is 0.851. The first-order valence-corrected chi connectivity index (χ1v) is 9.80. The van der Waals surface area contributed by atoms with Crippen molar-refractivity contribution in [1.82, 2.24) is 14.7 Å². The minimum atomic E-state index is -3.23. The van der Waals surface area contributed by atoms with E-state index in [0.717, 1.165) is 38.3 Å². The van der Waals surface area contributed by atoms with Gasteiger partial charge in [0.25, 0.3) is 0 Å². The van der Waals surface area contributed by atoms with E-state index in [1.807, 2.05) is 6.07 Å². The van der Waals surface area contributed by atoms with Gasteiger partial charge < -0.3 is 9.64 Å². The maximum absolute atomic E-state index is 12.0. The Hall–Kier alpha value is -1.25. The van der Waals surface area contributed by atoms with Gasteiger partial charge in [0.15, 0.2) is 0 Å². The zero-order valence-electron chi connectivity index (χ0n) is 13.4. The van der Waals surface area contributed by atoms with Gasteiger partial charge in [-0.25, -0.2) is 23.1 Å². The van der Waals surface area contributed by atoms with Crippen LogP contribution in [-0.2, 0) is 14.8 Å². The Morgan fingerprint density at radius 1 is 1.30 bits per heavy atom. The number of hydrogen-bond donors (Lipinski definition) is 1. The first-order chi connectivity index (χ1) is 11.0. The summed E-state index contributed by atoms with van der Waals surface area (Å²) in [7, 11) is -3.23. The van der Waals surface area contributed by atoms with Crippen molar-refractivity contribution in [3.05, 3.63) is 18.5 Å². The molecule has 0 amide bonds. The van der Waals surface area contributed by atoms with E-state index in [1.165, 1.54) is 0 Å². The number of nitrogens with zero attached hydrogens (tertiary/aromatic N) is 3. The van der Waals surface area contributed by atoms with E-state index in [0.29, 0.717) is 13.2 Å². The van der Waals surface area contributed by atoms with E-state index in [2.05, 4.69) is 19.6 Å². The van der Waals surface area contributed by atoms with Crippen LogP contribution in [0.2, 0.25) is 0 Å². The molecule has 2 aliphatic rings. The molecule has 2 aliphatic heterocycles. The van der Waals surface area contributed by atoms with Gasteiger partial charge in [-0.3, -0.25) is 0 Å². The Balaban J connectivity index is 1.71. The van der Waals surface area contributed by atoms with E-state index >= 15 is 0 Å². The quantitative estimate of drug-likeness (QED) is 0.872. The molecule has 3 heterocycles. The molecular weight excluding hydrogens is 316 g/mol. The summed E-state index contributed by atoms with van der Waals surface area (Å²) < 4.78 is 32.4. The van der Waals surface area contributed by atoms with Crippen molar-refractivity contribution in [2.75, 3.05) is 37.0 Å². The molecule has 3 rings (SSSR count). The molecule has 128 valence electrons. The summed E-state index contributed by atoms with van der Waals surface area (Å²) in [5.41, 5.74) is -0.0221. The Labute approximate surface area is 137 Å². The van der Waals surface area contributed by atoms with Gasteiger partial charge in [-0.2, -0.15) is 0 Å². The van der Waals surface area contributed by atoms with Crippen LogP contribution in [0.5, 0.6) is 0 Å². The molecular formula is C15H24N4O3S. The van der Waals surface area contributed by atoms with Gasteiger partial charge in [0.1, 0.15) is 0 Å². The Kier molecular flexibility index (Phi) is 4.84. The average Bonchev–Trinajstić information content (AvgIpc) is 2.58. The molecule has 0 aliphatic carbocycles. The number of sulfonamides is 1. The average molecular weight is 340 g/mol. The highest BCUT2D eigenvalue weighted by Crippen LogP contribution is 2.41. The van der Waals surface area contributed by atoms with Gasteiger partial charge in [0.2, 0.25) is 16.0 Å². The fourth-order valence-corrected chi connectivity index (χ4v) is 4.41. The molecule has 2 saturated heterocycles. The maximum Gasteiger partial charge on any atom is 0.225 e. The molecule has 1 aromatic rings. The summed E-state index contributed by atoms with van der Waals surface area (Å²) in [6.07, 6.45) is 6.24. The second-order valence-corrected chi connectivity index (χ2v) is 8.34. The number of hydrogen-bond acceptors (Lipinski definition) is 6. The number of piperidine rings is 1. The lowest BCUT2D eigenvalue weighted by molar-refractivity contribution is -0.0234. The Morgan fingerprint density at radius 2 is 2.00 bits per heavy atom. The lowest BCUT2D eigenvalue weighted by Gasteiger charge is -2.48. The third-order valence-electron chi connectivity index (χ3n) is 5.06. The zero-order valence-corrected chi connectivity index (χ0v) is 14.3. The maximum atomic E-state index is 12.0. The predicted octanol–water partition coefficient (Wildman–Crippen LogP) is 0.791. The van der Waals surface area contributed by atoms with E-state index < -0.39 is 10.0 Å². The fourth-order valence-electron chi connectivity index (χ4n) is 3.49. The van der Waals surface area contributed by atoms with Crippen molar-refractivity contribution < 1.29 is 13.2 Å². The standard InChI is InChI=1S/C15H24N4O3S/c1-2-23(20,21)18-13-12-22-11-6-15(13)4-9-19(10-5-15)14-16-7-3-8-17-14/h3,7-8,13,18H,2,4-6,9-12H2,1H3/t13-/m0/s1. The minimum Gasteiger partial charge on any atom is -0.380 e. The van der Waals surface area contributed by atoms with Gasteiger partial charge in [0, 0.05) is 32.1 Å². The molecule has 1 atom stereocenters. The van der Waals surface area contributed by atoms with Gasteiger partial charge in [-0.1, -0.05) is 0 Å². The second-order valence-electron chi connectivity index (χ2n) is 6.30. The highest BCUT2D eigenvalue weighted by Gasteiger charge is 2.45. The fraction of sp³-hybridized carbons (Fsp3) is 0.733. The number of ether oxygens (including phenoxy) is 1. The number of rotatable bonds is 4. The van der Waals surface area contributed by atoms with Crippen LogP contribution >= 0.6 is 0 Å². The first kappa shape index (κ1) is 16.6. The van der Waals surface area contributed by atoms with Crippen molar-refractivity contribution in [3.63, 3.8) is 0 Å². The summed E-state index contributed by atoms with van der Waals surface area (Å²) in [4.78, 5) is 10.8. The van der Waals surface area contributed by atoms with Gasteiger partial charge in [0.05, 0.1) is 18.4 Å². The zero-order chi connectivity index (χ0) is 16.3. The van der Waals surface area contributed by atoms with Crippen molar-refractivity contribution >= 4 is 16.0 Å². The smallest absolute Gasteiger partial charge is 0.225 e. The summed E-state index contributed by atoms with van der Waals surface area (Å²) in [6, 6.07) is 1.67. The predicted molar refractivity (Wildman–Crippen MR) is 87.7 cm³/mol. The number of anilines is 1. The highest BCUT2D eigenvalue weighted by molar-refractivity contribution is 7.89. The van der Waals surface area contributed by atoms with Gasteiger partial charge >= 0.3 is 0 Å². The first-order valence-electron chi connectivity index (χ1n) is 8.14. The molecule has 0 unspecified atom stereocenters. The molecule has 2 fully saturated rings. The second kappa shape index (κ2) is 6.70. The topological polar surface area (TPSA) is 84.4 Å². The molecule has 1 aromatic heterocycles. The Morgan fingerprint density at radius 3 is 2.65 bits per heavy atom. The van der Waals surface area contributed by atoms with E-state index in [9.17, 15) is 8.42 Å². The molecule has 0 radical (unpaired) electrons. The van der Waals surface area contributed by atoms with E-state index in [4.69, 9.17) is 4.74 Å². The minimum absolute atomic E-state index is 0.0221. The molecule has 0 saturated carbocycles. The van der Waals surface area contributed by atoms with Crippen LogP contribution in [0.15, 0.2) is 18.5 Å². The summed E-state index contributed by atoms with van der Waals surface area (Å²) >= 11 is 0. The van der Waals surface area contributed by atoms with Crippen molar-refractivity contribution in [2.24, 2.45) is 5.41 Å². The molecule has 1 N–H and O–H groups in total. The molecule has 1 spiro atoms. The summed E-state index contributed by atoms with van der Waals surface area (Å²) in [5, 5.41) is 0. The number of nitrogens with one attached hydrogen (secondary N) is 1. The lowest BCUT2D eigenvalue weighted by Crippen LogP contribution is -2.57. The van der Waals surface area contributed by atoms with Crippen LogP contribution < -0.4 is 9.62 Å². The Bertz CT molecular complexity index is 615. The number of aromatic nitrogens is 2. The van der Waals surface area contributed by atoms with E-state index in [-0.39, 0.29) is 17.2 Å². The van der Waals surface area contributed by atoms with Crippen molar-refractivity contribution in [2.45, 2.75) is 32.2 Å². The van der Waals surface area contributed by atoms with Crippen LogP contribution in [0.1, 0.15) is 26.2 Å². The molecule has 7 nitrogen and oxygen atoms in total. The third kappa shape index (κ3) is 3.64. The van der Waals surface area contributed by atoms with Crippen LogP contribution in [0.25, 0.3) is 0 Å². The summed E-state index contributed by atoms with van der Waals surface area (Å²) in [6.45, 7) is 4.50. The van der Waals surface area contributed by atoms with Crippen LogP contribution in [0.3, 0.4) is 0 Å². The van der Waals surface area contributed by atoms with Gasteiger partial charge in [-0.05, 0) is 37.7 Å². The van der Waals surface area contributed by atoms with Crippen molar-refractivity contribution in [1.29, 1.82) is 0 Å². The van der Waals surface area contributed by atoms with E-state index in [1.54, 1.807) is 19.3 Å². The molecule has 0 aromatic carbocycles. The van der Waals surface area contributed by atoms with Crippen LogP contribution in [0, 0.1) is 5.41 Å².